The molecule has 15 atom stereocenters. The lowest BCUT2D eigenvalue weighted by Crippen LogP contribution is -2.61. The quantitative estimate of drug-likeness (QED) is 0.0721. The van der Waals surface area contributed by atoms with Crippen LogP contribution < -0.4 is 0 Å². The first kappa shape index (κ1) is 63.6. The Bertz CT molecular complexity index is 2110. The van der Waals surface area contributed by atoms with Gasteiger partial charge in [0.2, 0.25) is 5.79 Å². The fourth-order valence-electron chi connectivity index (χ4n) is 10.1. The summed E-state index contributed by atoms with van der Waals surface area (Å²) < 4.78 is 86.9. The number of methoxy groups -OCH3 is 3. The van der Waals surface area contributed by atoms with Crippen molar-refractivity contribution in [3.05, 3.63) is 47.6 Å². The third kappa shape index (κ3) is 18.0. The van der Waals surface area contributed by atoms with E-state index < -0.39 is 99.5 Å². The summed E-state index contributed by atoms with van der Waals surface area (Å²) in [5, 5.41) is 33.8. The molecule has 3 aliphatic heterocycles. The average Bonchev–Trinajstić information content (AvgIpc) is 3.33. The van der Waals surface area contributed by atoms with E-state index in [1.165, 1.54) is 12.0 Å². The fraction of sp³-hybridized carbons (Fsp3) is 0.750. The van der Waals surface area contributed by atoms with Gasteiger partial charge < -0.3 is 43.9 Å². The summed E-state index contributed by atoms with van der Waals surface area (Å²) >= 11 is 0. The highest BCUT2D eigenvalue weighted by Gasteiger charge is 2.53. The summed E-state index contributed by atoms with van der Waals surface area (Å²) in [6.07, 6.45) is 11.2. The number of amides is 1. The molecule has 1 saturated carbocycles. The number of aliphatic hydroxyl groups excluding tert-OH is 2. The molecule has 4 rings (SSSR count). The molecule has 0 spiro atoms. The zero-order valence-corrected chi connectivity index (χ0v) is 44.7. The number of hydrogen-bond acceptors (Lipinski definition) is 15. The molecule has 1 aliphatic carbocycles. The van der Waals surface area contributed by atoms with E-state index >= 15 is 0 Å². The molecule has 3 heterocycles. The maximum atomic E-state index is 14.4. The van der Waals surface area contributed by atoms with Gasteiger partial charge >= 0.3 is 21.6 Å². The number of carbonyl (C=O) groups excluding carboxylic acids is 5. The van der Waals surface area contributed by atoms with Crippen molar-refractivity contribution in [2.75, 3.05) is 27.9 Å². The van der Waals surface area contributed by atoms with Crippen molar-refractivity contribution in [2.45, 2.75) is 186 Å². The Labute approximate surface area is 428 Å². The number of halogens is 3. The number of piperidine rings is 1. The van der Waals surface area contributed by atoms with E-state index in [4.69, 9.17) is 36.7 Å². The van der Waals surface area contributed by atoms with E-state index in [0.29, 0.717) is 63.4 Å². The molecular formula is C52H80F3NO16S. The van der Waals surface area contributed by atoms with Gasteiger partial charge in [-0.1, -0.05) is 71.1 Å². The number of ether oxygens (including phenoxy) is 5. The minimum Gasteiger partial charge on any atom is -0.460 e. The van der Waals surface area contributed by atoms with Crippen LogP contribution in [0.1, 0.15) is 126 Å². The van der Waals surface area contributed by atoms with Crippen LogP contribution in [0.2, 0.25) is 0 Å². The maximum Gasteiger partial charge on any atom is 0.522 e. The molecule has 0 aromatic rings. The third-order valence-corrected chi connectivity index (χ3v) is 15.4. The normalized spacial score (nSPS) is 37.5. The largest absolute Gasteiger partial charge is 0.522 e. The SMILES string of the molecule is CO[C@H]1C[C@@H]2CC[C@@H](C)[C@@](O)(O2)C(=O)C(=O)N2CCCC[C@H]2C(=O)O[C@H]([C@H](C)C[C@@H]2CC[C@@H](O)[C@H](OC)C2)CC(=O)[C@H](C)/C=C(\C)[C@@H](O)[C@@H](OC)C(=O)[C@H](C)C[C@H](C)/C=C/C=C/C=C/1C.O=S(=O)(O)C(F)(F)F. The lowest BCUT2D eigenvalue weighted by Gasteiger charge is -2.42. The molecule has 2 bridgehead atoms. The van der Waals surface area contributed by atoms with Crippen molar-refractivity contribution < 1.29 is 89.1 Å². The number of aliphatic hydroxyl groups is 3. The zero-order chi connectivity index (χ0) is 55.2. The Morgan fingerprint density at radius 1 is 0.863 bits per heavy atom. The van der Waals surface area contributed by atoms with Crippen molar-refractivity contribution in [2.24, 2.45) is 35.5 Å². The number of nitrogens with zero attached hydrogens (tertiary/aromatic N) is 1. The van der Waals surface area contributed by atoms with Crippen molar-refractivity contribution >= 4 is 39.3 Å². The van der Waals surface area contributed by atoms with Crippen LogP contribution >= 0.6 is 0 Å². The Hall–Kier alpha value is -3.67. The van der Waals surface area contributed by atoms with Crippen LogP contribution in [-0.4, -0.2) is 150 Å². The molecule has 0 aromatic carbocycles. The predicted octanol–water partition coefficient (Wildman–Crippen LogP) is 6.57. The number of cyclic esters (lactones) is 1. The Balaban J connectivity index is 0.00000161. The molecule has 73 heavy (non-hydrogen) atoms. The number of rotatable bonds is 6. The summed E-state index contributed by atoms with van der Waals surface area (Å²) in [5.41, 5.74) is -4.27. The Kier molecular flexibility index (Phi) is 24.8. The smallest absolute Gasteiger partial charge is 0.460 e. The number of hydrogen-bond donors (Lipinski definition) is 4. The molecule has 2 saturated heterocycles. The van der Waals surface area contributed by atoms with Crippen molar-refractivity contribution in [3.8, 4) is 0 Å². The number of esters is 1. The molecule has 0 unspecified atom stereocenters. The predicted molar refractivity (Wildman–Crippen MR) is 263 cm³/mol. The molecule has 4 aliphatic rings. The van der Waals surface area contributed by atoms with Crippen LogP contribution in [0, 0.1) is 35.5 Å². The number of Topliss-reactive ketones (excluding diaryl/α,β-unsaturated/α-hetero) is 3. The molecule has 0 radical (unpaired) electrons. The standard InChI is InChI=1S/C51H79NO13.CHF3O3S/c1-30-16-12-11-13-17-31(2)42(61-8)28-38-21-19-36(7)51(60,65-38)48(57)49(58)52-23-15-14-18-39(52)50(59)64-43(33(4)26-37-20-22-40(53)44(27-37)62-9)29-41(54)32(3)25-35(6)46(56)47(63-10)45(55)34(5)24-30;2-1(3,4)8(5,6)7/h11-13,16-17,25,30,32-34,36-40,42-44,46-47,53,56,60H,14-15,18-24,26-29H2,1-10H3;(H,5,6,7)/b13-11+,16-12+,31-17+,35-25+;/t30-,32-,33-,34-,36-,37+,38+,39+,40-,42+,43+,44-,46-,47+,51-;/m1./s1. The molecule has 416 valence electrons. The van der Waals surface area contributed by atoms with Gasteiger partial charge in [0.05, 0.1) is 24.4 Å². The number of alkyl halides is 3. The molecule has 4 N–H and O–H groups in total. The summed E-state index contributed by atoms with van der Waals surface area (Å²) in [6.45, 7) is 12.7. The van der Waals surface area contributed by atoms with Crippen LogP contribution in [0.3, 0.4) is 0 Å². The molecule has 1 amide bonds. The van der Waals surface area contributed by atoms with Gasteiger partial charge in [-0.05, 0) is 107 Å². The van der Waals surface area contributed by atoms with E-state index in [9.17, 15) is 52.5 Å². The first-order valence-corrected chi connectivity index (χ1v) is 26.7. The van der Waals surface area contributed by atoms with E-state index in [1.54, 1.807) is 41.1 Å². The molecular weight excluding hydrogens is 984 g/mol. The molecule has 17 nitrogen and oxygen atoms in total. The summed E-state index contributed by atoms with van der Waals surface area (Å²) in [7, 11) is -1.32. The number of fused-ring (bicyclic) bond motifs is 3. The van der Waals surface area contributed by atoms with Gasteiger partial charge in [0.1, 0.15) is 30.1 Å². The van der Waals surface area contributed by atoms with Crippen LogP contribution in [-0.2, 0) is 57.8 Å². The highest BCUT2D eigenvalue weighted by Crippen LogP contribution is 2.38. The van der Waals surface area contributed by atoms with E-state index in [-0.39, 0.29) is 54.8 Å². The topological polar surface area (TPSA) is 250 Å². The lowest BCUT2D eigenvalue weighted by atomic mass is 9.78. The minimum atomic E-state index is -5.84. The monoisotopic (exact) mass is 1060 g/mol. The number of ketones is 3. The summed E-state index contributed by atoms with van der Waals surface area (Å²) in [5.74, 6) is -7.96. The minimum absolute atomic E-state index is 0.0193. The second-order valence-corrected chi connectivity index (χ2v) is 21.9. The van der Waals surface area contributed by atoms with Gasteiger partial charge in [-0.2, -0.15) is 21.6 Å². The highest BCUT2D eigenvalue weighted by atomic mass is 32.2. The lowest BCUT2D eigenvalue weighted by molar-refractivity contribution is -0.265. The van der Waals surface area contributed by atoms with Gasteiger partial charge in [0, 0.05) is 58.5 Å². The highest BCUT2D eigenvalue weighted by molar-refractivity contribution is 7.86. The van der Waals surface area contributed by atoms with Crippen LogP contribution in [0.5, 0.6) is 0 Å². The Morgan fingerprint density at radius 3 is 2.12 bits per heavy atom. The maximum absolute atomic E-state index is 14.4. The summed E-state index contributed by atoms with van der Waals surface area (Å²) in [4.78, 5) is 71.8. The molecule has 21 heteroatoms. The zero-order valence-electron chi connectivity index (χ0n) is 43.9. The van der Waals surface area contributed by atoms with E-state index in [2.05, 4.69) is 0 Å². The van der Waals surface area contributed by atoms with Gasteiger partial charge in [0.15, 0.2) is 5.78 Å². The van der Waals surface area contributed by atoms with Crippen LogP contribution in [0.15, 0.2) is 47.6 Å². The first-order valence-electron chi connectivity index (χ1n) is 25.2. The van der Waals surface area contributed by atoms with Gasteiger partial charge in [-0.15, -0.1) is 0 Å². The molecule has 3 fully saturated rings. The van der Waals surface area contributed by atoms with E-state index in [1.807, 2.05) is 58.1 Å². The fourth-order valence-corrected chi connectivity index (χ4v) is 10.1. The van der Waals surface area contributed by atoms with E-state index in [0.717, 1.165) is 12.0 Å². The van der Waals surface area contributed by atoms with Crippen molar-refractivity contribution in [1.82, 2.24) is 4.90 Å². The molecule has 0 aromatic heterocycles. The van der Waals surface area contributed by atoms with Gasteiger partial charge in [0.25, 0.3) is 11.7 Å². The number of carbonyl (C=O) groups is 5. The third-order valence-electron chi connectivity index (χ3n) is 14.8. The first-order chi connectivity index (χ1) is 34.0. The second-order valence-electron chi connectivity index (χ2n) is 20.5. The number of allylic oxidation sites excluding steroid dienone is 6. The van der Waals surface area contributed by atoms with Crippen LogP contribution in [0.25, 0.3) is 0 Å². The second kappa shape index (κ2) is 28.5. The van der Waals surface area contributed by atoms with Gasteiger partial charge in [-0.3, -0.25) is 23.7 Å². The average molecular weight is 1060 g/mol. The van der Waals surface area contributed by atoms with Crippen molar-refractivity contribution in [1.29, 1.82) is 0 Å². The van der Waals surface area contributed by atoms with Crippen LogP contribution in [0.4, 0.5) is 13.2 Å². The Morgan fingerprint density at radius 2 is 1.52 bits per heavy atom. The van der Waals surface area contributed by atoms with Gasteiger partial charge in [-0.25, -0.2) is 4.79 Å². The van der Waals surface area contributed by atoms with Crippen molar-refractivity contribution in [3.63, 3.8) is 0 Å². The summed E-state index contributed by atoms with van der Waals surface area (Å²) in [6, 6.07) is -1.14.